The third-order valence-electron chi connectivity index (χ3n) is 3.27. The van der Waals surface area contributed by atoms with Crippen LogP contribution < -0.4 is 11.1 Å². The van der Waals surface area contributed by atoms with Crippen LogP contribution in [0.2, 0.25) is 0 Å². The van der Waals surface area contributed by atoms with E-state index in [9.17, 15) is 0 Å². The highest BCUT2D eigenvalue weighted by atomic mass is 15.1. The van der Waals surface area contributed by atoms with Crippen LogP contribution in [0.1, 0.15) is 50.3 Å². The van der Waals surface area contributed by atoms with E-state index < -0.39 is 0 Å². The molecule has 0 spiro atoms. The number of nitrogens with two attached hydrogens (primary N) is 1. The second-order valence-corrected chi connectivity index (χ2v) is 4.70. The van der Waals surface area contributed by atoms with Crippen molar-refractivity contribution in [2.45, 2.75) is 51.9 Å². The first kappa shape index (κ1) is 12.1. The molecule has 1 aliphatic rings. The Kier molecular flexibility index (Phi) is 4.18. The van der Waals surface area contributed by atoms with Gasteiger partial charge in [-0.2, -0.15) is 4.98 Å². The van der Waals surface area contributed by atoms with Crippen molar-refractivity contribution in [1.82, 2.24) is 9.97 Å². The smallest absolute Gasteiger partial charge is 0.222 e. The Labute approximate surface area is 103 Å². The summed E-state index contributed by atoms with van der Waals surface area (Å²) >= 11 is 0. The number of nitrogens with zero attached hydrogens (tertiary/aromatic N) is 2. The highest BCUT2D eigenvalue weighted by Crippen LogP contribution is 2.25. The van der Waals surface area contributed by atoms with Gasteiger partial charge in [0.25, 0.3) is 0 Å². The predicted molar refractivity (Wildman–Crippen MR) is 71.1 cm³/mol. The van der Waals surface area contributed by atoms with Crippen LogP contribution in [0, 0.1) is 0 Å². The van der Waals surface area contributed by atoms with E-state index in [1.165, 1.54) is 37.7 Å². The molecule has 0 saturated heterocycles. The molecule has 4 nitrogen and oxygen atoms in total. The maximum absolute atomic E-state index is 5.75. The van der Waals surface area contributed by atoms with Gasteiger partial charge >= 0.3 is 0 Å². The predicted octanol–water partition coefficient (Wildman–Crippen LogP) is 2.54. The number of fused-ring (bicyclic) bond motifs is 1. The summed E-state index contributed by atoms with van der Waals surface area (Å²) in [5.41, 5.74) is 8.20. The third kappa shape index (κ3) is 3.08. The topological polar surface area (TPSA) is 63.8 Å². The summed E-state index contributed by atoms with van der Waals surface area (Å²) in [5.74, 6) is 1.38. The lowest BCUT2D eigenvalue weighted by Gasteiger charge is -2.18. The molecule has 3 N–H and O–H groups in total. The Morgan fingerprint density at radius 2 is 2.00 bits per heavy atom. The van der Waals surface area contributed by atoms with Crippen LogP contribution in [0.5, 0.6) is 0 Å². The molecule has 94 valence electrons. The fraction of sp³-hybridized carbons (Fsp3) is 0.692. The third-order valence-corrected chi connectivity index (χ3v) is 3.27. The van der Waals surface area contributed by atoms with Crippen LogP contribution in [0.4, 0.5) is 11.8 Å². The van der Waals surface area contributed by atoms with E-state index in [1.807, 2.05) is 0 Å². The van der Waals surface area contributed by atoms with Gasteiger partial charge in [-0.05, 0) is 32.1 Å². The molecule has 0 radical (unpaired) electrons. The lowest BCUT2D eigenvalue weighted by atomic mass is 9.96. The van der Waals surface area contributed by atoms with E-state index in [1.54, 1.807) is 0 Å². The van der Waals surface area contributed by atoms with Gasteiger partial charge in [-0.15, -0.1) is 0 Å². The lowest BCUT2D eigenvalue weighted by Crippen LogP contribution is -2.15. The van der Waals surface area contributed by atoms with E-state index in [0.717, 1.165) is 30.9 Å². The lowest BCUT2D eigenvalue weighted by molar-refractivity contribution is 0.663. The highest BCUT2D eigenvalue weighted by Gasteiger charge is 2.16. The number of nitrogens with one attached hydrogen (secondary N) is 1. The van der Waals surface area contributed by atoms with Crippen LogP contribution in [0.3, 0.4) is 0 Å². The van der Waals surface area contributed by atoms with E-state index >= 15 is 0 Å². The van der Waals surface area contributed by atoms with Crippen LogP contribution in [0.25, 0.3) is 0 Å². The number of anilines is 2. The Balaban J connectivity index is 2.07. The van der Waals surface area contributed by atoms with Crippen molar-refractivity contribution in [1.29, 1.82) is 0 Å². The fourth-order valence-electron chi connectivity index (χ4n) is 2.34. The minimum atomic E-state index is 0.406. The van der Waals surface area contributed by atoms with E-state index in [0.29, 0.717) is 5.95 Å². The molecule has 1 aliphatic carbocycles. The van der Waals surface area contributed by atoms with Gasteiger partial charge in [0, 0.05) is 12.1 Å². The van der Waals surface area contributed by atoms with E-state index in [-0.39, 0.29) is 0 Å². The second-order valence-electron chi connectivity index (χ2n) is 4.70. The van der Waals surface area contributed by atoms with Crippen LogP contribution in [-0.4, -0.2) is 16.5 Å². The zero-order valence-electron chi connectivity index (χ0n) is 10.6. The number of aromatic nitrogens is 2. The number of hydrogen-bond donors (Lipinski definition) is 2. The Bertz CT molecular complexity index is 376. The molecule has 0 unspecified atom stereocenters. The van der Waals surface area contributed by atoms with Gasteiger partial charge in [0.15, 0.2) is 0 Å². The molecule has 0 saturated carbocycles. The van der Waals surface area contributed by atoms with Crippen molar-refractivity contribution < 1.29 is 0 Å². The number of aryl methyl sites for hydroxylation is 1. The summed E-state index contributed by atoms with van der Waals surface area (Å²) in [7, 11) is 0. The quantitative estimate of drug-likeness (QED) is 0.768. The van der Waals surface area contributed by atoms with Gasteiger partial charge in [-0.25, -0.2) is 4.98 Å². The highest BCUT2D eigenvalue weighted by molar-refractivity contribution is 5.50. The van der Waals surface area contributed by atoms with Crippen LogP contribution in [-0.2, 0) is 12.8 Å². The number of rotatable bonds is 5. The molecule has 17 heavy (non-hydrogen) atoms. The molecule has 4 heteroatoms. The Morgan fingerprint density at radius 1 is 1.18 bits per heavy atom. The molecule has 1 heterocycles. The zero-order valence-corrected chi connectivity index (χ0v) is 10.6. The first-order valence-electron chi connectivity index (χ1n) is 6.70. The van der Waals surface area contributed by atoms with Gasteiger partial charge in [0.05, 0.1) is 5.69 Å². The van der Waals surface area contributed by atoms with Crippen molar-refractivity contribution in [2.24, 2.45) is 0 Å². The van der Waals surface area contributed by atoms with E-state index in [2.05, 4.69) is 22.2 Å². The molecule has 0 amide bonds. The molecule has 0 atom stereocenters. The molecular weight excluding hydrogens is 212 g/mol. The minimum absolute atomic E-state index is 0.406. The van der Waals surface area contributed by atoms with Crippen molar-refractivity contribution >= 4 is 11.8 Å². The van der Waals surface area contributed by atoms with Crippen molar-refractivity contribution in [3.05, 3.63) is 11.3 Å². The normalized spacial score (nSPS) is 14.4. The van der Waals surface area contributed by atoms with Gasteiger partial charge in [-0.3, -0.25) is 0 Å². The molecule has 0 fully saturated rings. The first-order valence-corrected chi connectivity index (χ1v) is 6.70. The summed E-state index contributed by atoms with van der Waals surface area (Å²) in [4.78, 5) is 8.69. The Morgan fingerprint density at radius 3 is 2.82 bits per heavy atom. The maximum Gasteiger partial charge on any atom is 0.222 e. The summed E-state index contributed by atoms with van der Waals surface area (Å²) < 4.78 is 0. The van der Waals surface area contributed by atoms with Gasteiger partial charge in [-0.1, -0.05) is 19.8 Å². The van der Waals surface area contributed by atoms with E-state index in [4.69, 9.17) is 5.73 Å². The first-order chi connectivity index (χ1) is 8.31. The van der Waals surface area contributed by atoms with Gasteiger partial charge in [0.2, 0.25) is 5.95 Å². The van der Waals surface area contributed by atoms with Crippen molar-refractivity contribution in [3.63, 3.8) is 0 Å². The average Bonchev–Trinajstić information content (AvgIpc) is 2.34. The molecule has 0 aromatic carbocycles. The van der Waals surface area contributed by atoms with Gasteiger partial charge < -0.3 is 11.1 Å². The van der Waals surface area contributed by atoms with Crippen molar-refractivity contribution in [3.8, 4) is 0 Å². The Hall–Kier alpha value is -1.32. The number of nitrogen functional groups attached to an aromatic ring is 1. The SMILES string of the molecule is CCCCCNc1nc(N)nc2c1CCCC2. The fourth-order valence-corrected chi connectivity index (χ4v) is 2.34. The molecular formula is C13H22N4. The molecule has 2 rings (SSSR count). The molecule has 0 aliphatic heterocycles. The monoisotopic (exact) mass is 234 g/mol. The standard InChI is InChI=1S/C13H22N4/c1-2-3-6-9-15-12-10-7-4-5-8-11(10)16-13(14)17-12/h2-9H2,1H3,(H3,14,15,16,17). The van der Waals surface area contributed by atoms with Crippen LogP contribution >= 0.6 is 0 Å². The molecule has 0 bridgehead atoms. The summed E-state index contributed by atoms with van der Waals surface area (Å²) in [6.07, 6.45) is 8.29. The number of hydrogen-bond acceptors (Lipinski definition) is 4. The second kappa shape index (κ2) is 5.84. The average molecular weight is 234 g/mol. The zero-order chi connectivity index (χ0) is 12.1. The van der Waals surface area contributed by atoms with Crippen LogP contribution in [0.15, 0.2) is 0 Å². The largest absolute Gasteiger partial charge is 0.370 e. The van der Waals surface area contributed by atoms with Crippen molar-refractivity contribution in [2.75, 3.05) is 17.6 Å². The summed E-state index contributed by atoms with van der Waals surface area (Å²) in [6, 6.07) is 0. The maximum atomic E-state index is 5.75. The molecule has 1 aromatic heterocycles. The summed E-state index contributed by atoms with van der Waals surface area (Å²) in [5, 5.41) is 3.42. The van der Waals surface area contributed by atoms with Gasteiger partial charge in [0.1, 0.15) is 5.82 Å². The number of unbranched alkanes of at least 4 members (excludes halogenated alkanes) is 2. The summed E-state index contributed by atoms with van der Waals surface area (Å²) in [6.45, 7) is 3.20. The minimum Gasteiger partial charge on any atom is -0.370 e. The molecule has 1 aromatic rings.